The topological polar surface area (TPSA) is 52.7 Å². The first-order valence-electron chi connectivity index (χ1n) is 6.52. The molecule has 0 spiro atoms. The fourth-order valence-corrected chi connectivity index (χ4v) is 2.17. The highest BCUT2D eigenvalue weighted by Crippen LogP contribution is 2.06. The van der Waals surface area contributed by atoms with Gasteiger partial charge in [0.05, 0.1) is 0 Å². The van der Waals surface area contributed by atoms with E-state index in [1.165, 1.54) is 26.1 Å². The number of aliphatic hydroxyl groups is 1. The molecule has 0 aliphatic carbocycles. The van der Waals surface area contributed by atoms with Gasteiger partial charge < -0.3 is 20.6 Å². The molecule has 1 aliphatic rings. The molecule has 4 heteroatoms. The van der Waals surface area contributed by atoms with Crippen LogP contribution in [0.2, 0.25) is 0 Å². The summed E-state index contributed by atoms with van der Waals surface area (Å²) in [6.07, 6.45) is 2.37. The number of unbranched alkanes of at least 4 members (excludes halogenated alkanes) is 1. The van der Waals surface area contributed by atoms with Crippen LogP contribution in [0, 0.1) is 5.92 Å². The number of piperazine rings is 1. The zero-order valence-corrected chi connectivity index (χ0v) is 10.6. The van der Waals surface area contributed by atoms with E-state index in [2.05, 4.69) is 16.7 Å². The molecule has 1 atom stereocenters. The molecule has 0 saturated carbocycles. The normalized spacial score (nSPS) is 21.2. The summed E-state index contributed by atoms with van der Waals surface area (Å²) in [5, 5.41) is 9.01. The maximum Gasteiger partial charge on any atom is 0.0468 e. The summed E-state index contributed by atoms with van der Waals surface area (Å²) >= 11 is 0. The van der Waals surface area contributed by atoms with E-state index in [0.29, 0.717) is 12.5 Å². The van der Waals surface area contributed by atoms with Crippen molar-refractivity contribution in [3.63, 3.8) is 0 Å². The average molecular weight is 229 g/mol. The summed E-state index contributed by atoms with van der Waals surface area (Å²) in [4.78, 5) is 4.98. The van der Waals surface area contributed by atoms with Crippen molar-refractivity contribution >= 4 is 0 Å². The van der Waals surface area contributed by atoms with Crippen LogP contribution in [0.15, 0.2) is 0 Å². The van der Waals surface area contributed by atoms with Gasteiger partial charge >= 0.3 is 0 Å². The van der Waals surface area contributed by atoms with Crippen molar-refractivity contribution in [3.05, 3.63) is 0 Å². The van der Waals surface area contributed by atoms with Crippen LogP contribution >= 0.6 is 0 Å². The average Bonchev–Trinajstić information content (AvgIpc) is 2.31. The lowest BCUT2D eigenvalue weighted by atomic mass is 10.1. The summed E-state index contributed by atoms with van der Waals surface area (Å²) in [5.41, 5.74) is 5.49. The van der Waals surface area contributed by atoms with Gasteiger partial charge in [-0.05, 0) is 31.8 Å². The largest absolute Gasteiger partial charge is 0.396 e. The standard InChI is InChI=1S/C12H27N3O/c1-12(11-16)10-15-8-6-14(7-9-15)5-3-2-4-13/h12,16H,2-11,13H2,1H3. The predicted molar refractivity (Wildman–Crippen MR) is 67.4 cm³/mol. The Morgan fingerprint density at radius 2 is 1.75 bits per heavy atom. The van der Waals surface area contributed by atoms with Gasteiger partial charge in [-0.15, -0.1) is 0 Å². The highest BCUT2D eigenvalue weighted by atomic mass is 16.3. The minimum atomic E-state index is 0.302. The highest BCUT2D eigenvalue weighted by molar-refractivity contribution is 4.73. The van der Waals surface area contributed by atoms with Crippen molar-refractivity contribution in [3.8, 4) is 0 Å². The van der Waals surface area contributed by atoms with Crippen molar-refractivity contribution in [2.75, 3.05) is 52.4 Å². The van der Waals surface area contributed by atoms with Gasteiger partial charge in [-0.3, -0.25) is 0 Å². The molecule has 1 heterocycles. The van der Waals surface area contributed by atoms with Gasteiger partial charge in [-0.1, -0.05) is 6.92 Å². The molecule has 0 aromatic rings. The molecular weight excluding hydrogens is 202 g/mol. The summed E-state index contributed by atoms with van der Waals surface area (Å²) < 4.78 is 0. The minimum Gasteiger partial charge on any atom is -0.396 e. The monoisotopic (exact) mass is 229 g/mol. The Kier molecular flexibility index (Phi) is 6.96. The number of rotatable bonds is 7. The number of aliphatic hydroxyl groups excluding tert-OH is 1. The second kappa shape index (κ2) is 8.01. The lowest BCUT2D eigenvalue weighted by Gasteiger charge is -2.35. The maximum absolute atomic E-state index is 9.01. The van der Waals surface area contributed by atoms with Crippen molar-refractivity contribution in [1.82, 2.24) is 9.80 Å². The van der Waals surface area contributed by atoms with E-state index in [1.807, 2.05) is 0 Å². The molecule has 96 valence electrons. The molecule has 16 heavy (non-hydrogen) atoms. The predicted octanol–water partition coefficient (Wildman–Crippen LogP) is -0.0287. The summed E-state index contributed by atoms with van der Waals surface area (Å²) in [7, 11) is 0. The van der Waals surface area contributed by atoms with Gasteiger partial charge in [0.2, 0.25) is 0 Å². The van der Waals surface area contributed by atoms with Gasteiger partial charge in [0.15, 0.2) is 0 Å². The molecule has 0 amide bonds. The third kappa shape index (κ3) is 5.25. The fourth-order valence-electron chi connectivity index (χ4n) is 2.17. The van der Waals surface area contributed by atoms with Gasteiger partial charge in [0.1, 0.15) is 0 Å². The first-order valence-corrected chi connectivity index (χ1v) is 6.52. The van der Waals surface area contributed by atoms with Crippen LogP contribution in [-0.4, -0.2) is 67.3 Å². The molecule has 0 bridgehead atoms. The number of nitrogens with zero attached hydrogens (tertiary/aromatic N) is 2. The van der Waals surface area contributed by atoms with Crippen LogP contribution in [0.25, 0.3) is 0 Å². The Hall–Kier alpha value is -0.160. The van der Waals surface area contributed by atoms with Crippen LogP contribution in [0.4, 0.5) is 0 Å². The lowest BCUT2D eigenvalue weighted by Crippen LogP contribution is -2.48. The second-order valence-corrected chi connectivity index (χ2v) is 4.93. The van der Waals surface area contributed by atoms with Gasteiger partial charge in [0, 0.05) is 39.3 Å². The molecule has 0 radical (unpaired) electrons. The van der Waals surface area contributed by atoms with Crippen molar-refractivity contribution in [2.24, 2.45) is 11.7 Å². The Morgan fingerprint density at radius 3 is 2.31 bits per heavy atom. The zero-order chi connectivity index (χ0) is 11.8. The van der Waals surface area contributed by atoms with E-state index < -0.39 is 0 Å². The minimum absolute atomic E-state index is 0.302. The fraction of sp³-hybridized carbons (Fsp3) is 1.00. The van der Waals surface area contributed by atoms with Crippen LogP contribution in [0.3, 0.4) is 0 Å². The maximum atomic E-state index is 9.01. The van der Waals surface area contributed by atoms with Crippen LogP contribution in [0.1, 0.15) is 19.8 Å². The molecule has 0 aromatic heterocycles. The summed E-state index contributed by atoms with van der Waals surface area (Å²) in [5.74, 6) is 0.406. The molecular formula is C12H27N3O. The van der Waals surface area contributed by atoms with Crippen LogP contribution in [-0.2, 0) is 0 Å². The first kappa shape index (κ1) is 13.9. The number of hydrogen-bond donors (Lipinski definition) is 2. The summed E-state index contributed by atoms with van der Waals surface area (Å²) in [6, 6.07) is 0. The van der Waals surface area contributed by atoms with Gasteiger partial charge in [-0.25, -0.2) is 0 Å². The molecule has 1 fully saturated rings. The van der Waals surface area contributed by atoms with E-state index in [9.17, 15) is 0 Å². The molecule has 0 aromatic carbocycles. The Bertz CT molecular complexity index is 170. The van der Waals surface area contributed by atoms with Crippen LogP contribution in [0.5, 0.6) is 0 Å². The molecule has 4 nitrogen and oxygen atoms in total. The van der Waals surface area contributed by atoms with E-state index in [-0.39, 0.29) is 0 Å². The second-order valence-electron chi connectivity index (χ2n) is 4.93. The smallest absolute Gasteiger partial charge is 0.0468 e. The Balaban J connectivity index is 2.08. The first-order chi connectivity index (χ1) is 7.76. The van der Waals surface area contributed by atoms with Crippen molar-refractivity contribution in [1.29, 1.82) is 0 Å². The third-order valence-corrected chi connectivity index (χ3v) is 3.27. The highest BCUT2D eigenvalue weighted by Gasteiger charge is 2.17. The number of hydrogen-bond acceptors (Lipinski definition) is 4. The van der Waals surface area contributed by atoms with Gasteiger partial charge in [0.25, 0.3) is 0 Å². The van der Waals surface area contributed by atoms with E-state index in [0.717, 1.165) is 32.6 Å². The van der Waals surface area contributed by atoms with Crippen molar-refractivity contribution in [2.45, 2.75) is 19.8 Å². The quantitative estimate of drug-likeness (QED) is 0.602. The Labute approximate surface area is 99.4 Å². The summed E-state index contributed by atoms with van der Waals surface area (Å²) in [6.45, 7) is 10.1. The molecule has 1 rings (SSSR count). The molecule has 1 aliphatic heterocycles. The van der Waals surface area contributed by atoms with Crippen LogP contribution < -0.4 is 5.73 Å². The SMILES string of the molecule is CC(CO)CN1CCN(CCCCN)CC1. The number of nitrogens with two attached hydrogens (primary N) is 1. The van der Waals surface area contributed by atoms with E-state index in [1.54, 1.807) is 0 Å². The van der Waals surface area contributed by atoms with E-state index in [4.69, 9.17) is 10.8 Å². The Morgan fingerprint density at radius 1 is 1.12 bits per heavy atom. The zero-order valence-electron chi connectivity index (χ0n) is 10.6. The third-order valence-electron chi connectivity index (χ3n) is 3.27. The molecule has 1 saturated heterocycles. The molecule has 3 N–H and O–H groups in total. The lowest BCUT2D eigenvalue weighted by molar-refractivity contribution is 0.104. The van der Waals surface area contributed by atoms with Crippen molar-refractivity contribution < 1.29 is 5.11 Å². The molecule has 1 unspecified atom stereocenters. The van der Waals surface area contributed by atoms with E-state index >= 15 is 0 Å². The van der Waals surface area contributed by atoms with Gasteiger partial charge in [-0.2, -0.15) is 0 Å².